The maximum absolute atomic E-state index is 11.4. The predicted octanol–water partition coefficient (Wildman–Crippen LogP) is 0.797. The minimum absolute atomic E-state index is 0.365. The van der Waals surface area contributed by atoms with Crippen LogP contribution in [0, 0.1) is 6.92 Å². The van der Waals surface area contributed by atoms with Crippen molar-refractivity contribution in [2.24, 2.45) is 5.73 Å². The van der Waals surface area contributed by atoms with Crippen LogP contribution in [0.3, 0.4) is 0 Å². The third kappa shape index (κ3) is 3.34. The number of carbonyl (C=O) groups is 2. The lowest BCUT2D eigenvalue weighted by Gasteiger charge is -2.09. The summed E-state index contributed by atoms with van der Waals surface area (Å²) in [5, 5.41) is 13.6. The number of carbonyl (C=O) groups excluding carboxylic acids is 1. The zero-order valence-corrected chi connectivity index (χ0v) is 9.00. The van der Waals surface area contributed by atoms with Crippen molar-refractivity contribution in [2.45, 2.75) is 19.4 Å². The standard InChI is InChI=1S/C9H12N2O3S/c1-5-2-3-15-9(5)11-8(14)6(10)4-7(12)13/h2-3,6H,4,10H2,1H3,(H,11,14)(H,12,13). The van der Waals surface area contributed by atoms with Crippen molar-refractivity contribution in [3.8, 4) is 0 Å². The summed E-state index contributed by atoms with van der Waals surface area (Å²) in [6.45, 7) is 1.86. The average molecular weight is 228 g/mol. The van der Waals surface area contributed by atoms with Crippen LogP contribution in [-0.2, 0) is 9.59 Å². The van der Waals surface area contributed by atoms with Crippen molar-refractivity contribution >= 4 is 28.2 Å². The number of amides is 1. The van der Waals surface area contributed by atoms with Gasteiger partial charge in [0, 0.05) is 0 Å². The molecule has 4 N–H and O–H groups in total. The second-order valence-corrected chi connectivity index (χ2v) is 4.04. The van der Waals surface area contributed by atoms with Crippen molar-refractivity contribution in [3.63, 3.8) is 0 Å². The Morgan fingerprint density at radius 2 is 2.33 bits per heavy atom. The molecule has 0 aliphatic carbocycles. The van der Waals surface area contributed by atoms with Gasteiger partial charge in [-0.2, -0.15) is 0 Å². The number of hydrogen-bond acceptors (Lipinski definition) is 4. The van der Waals surface area contributed by atoms with Gasteiger partial charge >= 0.3 is 5.97 Å². The monoisotopic (exact) mass is 228 g/mol. The molecule has 0 aliphatic heterocycles. The highest BCUT2D eigenvalue weighted by Gasteiger charge is 2.17. The normalized spacial score (nSPS) is 12.1. The number of rotatable bonds is 4. The number of anilines is 1. The van der Waals surface area contributed by atoms with Gasteiger partial charge in [0.15, 0.2) is 0 Å². The van der Waals surface area contributed by atoms with Gasteiger partial charge in [0.05, 0.1) is 17.5 Å². The van der Waals surface area contributed by atoms with Crippen LogP contribution in [0.15, 0.2) is 11.4 Å². The van der Waals surface area contributed by atoms with E-state index in [-0.39, 0.29) is 6.42 Å². The van der Waals surface area contributed by atoms with E-state index >= 15 is 0 Å². The number of aryl methyl sites for hydroxylation is 1. The molecule has 0 bridgehead atoms. The van der Waals surface area contributed by atoms with E-state index in [2.05, 4.69) is 5.32 Å². The molecule has 1 unspecified atom stereocenters. The van der Waals surface area contributed by atoms with Crippen molar-refractivity contribution in [3.05, 3.63) is 17.0 Å². The summed E-state index contributed by atoms with van der Waals surface area (Å²) in [5.74, 6) is -1.55. The number of carboxylic acid groups (broad SMARTS) is 1. The van der Waals surface area contributed by atoms with E-state index < -0.39 is 17.9 Å². The van der Waals surface area contributed by atoms with Gasteiger partial charge in [-0.15, -0.1) is 11.3 Å². The third-order valence-corrected chi connectivity index (χ3v) is 2.76. The minimum atomic E-state index is -1.08. The van der Waals surface area contributed by atoms with E-state index in [4.69, 9.17) is 10.8 Å². The summed E-state index contributed by atoms with van der Waals surface area (Å²) in [6, 6.07) is 0.854. The van der Waals surface area contributed by atoms with Gasteiger partial charge in [-0.25, -0.2) is 0 Å². The van der Waals surface area contributed by atoms with Crippen molar-refractivity contribution < 1.29 is 14.7 Å². The van der Waals surface area contributed by atoms with E-state index in [0.29, 0.717) is 5.00 Å². The summed E-state index contributed by atoms with van der Waals surface area (Å²) >= 11 is 1.38. The summed E-state index contributed by atoms with van der Waals surface area (Å²) in [7, 11) is 0. The molecule has 1 aromatic rings. The summed E-state index contributed by atoms with van der Waals surface area (Å²) in [6.07, 6.45) is -0.365. The van der Waals surface area contributed by atoms with E-state index in [9.17, 15) is 9.59 Å². The molecule has 1 amide bonds. The van der Waals surface area contributed by atoms with Crippen LogP contribution >= 0.6 is 11.3 Å². The van der Waals surface area contributed by atoms with Gasteiger partial charge in [0.2, 0.25) is 5.91 Å². The molecule has 0 saturated carbocycles. The molecule has 0 saturated heterocycles. The van der Waals surface area contributed by atoms with E-state index in [1.54, 1.807) is 0 Å². The lowest BCUT2D eigenvalue weighted by molar-refractivity contribution is -0.138. The van der Waals surface area contributed by atoms with Gasteiger partial charge < -0.3 is 16.2 Å². The highest BCUT2D eigenvalue weighted by atomic mass is 32.1. The summed E-state index contributed by atoms with van der Waals surface area (Å²) < 4.78 is 0. The van der Waals surface area contributed by atoms with Gasteiger partial charge in [-0.3, -0.25) is 9.59 Å². The molecule has 0 radical (unpaired) electrons. The summed E-state index contributed by atoms with van der Waals surface area (Å²) in [5.41, 5.74) is 6.34. The van der Waals surface area contributed by atoms with E-state index in [1.807, 2.05) is 18.4 Å². The zero-order valence-electron chi connectivity index (χ0n) is 8.19. The Bertz CT molecular complexity index is 375. The smallest absolute Gasteiger partial charge is 0.305 e. The Balaban J connectivity index is 2.56. The lowest BCUT2D eigenvalue weighted by Crippen LogP contribution is -2.37. The van der Waals surface area contributed by atoms with Crippen molar-refractivity contribution in [2.75, 3.05) is 5.32 Å². The number of carboxylic acids is 1. The molecule has 0 aromatic carbocycles. The Hall–Kier alpha value is -1.40. The molecular weight excluding hydrogens is 216 g/mol. The van der Waals surface area contributed by atoms with Crippen LogP contribution in [0.25, 0.3) is 0 Å². The van der Waals surface area contributed by atoms with Crippen LogP contribution < -0.4 is 11.1 Å². The third-order valence-electron chi connectivity index (χ3n) is 1.83. The molecule has 1 heterocycles. The van der Waals surface area contributed by atoms with E-state index in [1.165, 1.54) is 11.3 Å². The van der Waals surface area contributed by atoms with Crippen molar-refractivity contribution in [1.29, 1.82) is 0 Å². The fourth-order valence-corrected chi connectivity index (χ4v) is 1.81. The molecule has 0 spiro atoms. The van der Waals surface area contributed by atoms with Gasteiger partial charge in [0.25, 0.3) is 0 Å². The second-order valence-electron chi connectivity index (χ2n) is 3.13. The molecule has 1 atom stereocenters. The first-order chi connectivity index (χ1) is 7.00. The molecule has 82 valence electrons. The second kappa shape index (κ2) is 4.90. The minimum Gasteiger partial charge on any atom is -0.481 e. The average Bonchev–Trinajstić information content (AvgIpc) is 2.50. The molecule has 15 heavy (non-hydrogen) atoms. The van der Waals surface area contributed by atoms with Gasteiger partial charge in [0.1, 0.15) is 0 Å². The van der Waals surface area contributed by atoms with E-state index in [0.717, 1.165) is 5.56 Å². The molecule has 0 fully saturated rings. The topological polar surface area (TPSA) is 92.4 Å². The quantitative estimate of drug-likeness (QED) is 0.710. The SMILES string of the molecule is Cc1ccsc1NC(=O)C(N)CC(=O)O. The number of hydrogen-bond donors (Lipinski definition) is 3. The molecule has 5 nitrogen and oxygen atoms in total. The van der Waals surface area contributed by atoms with Crippen LogP contribution in [0.2, 0.25) is 0 Å². The zero-order chi connectivity index (χ0) is 11.4. The number of nitrogens with two attached hydrogens (primary N) is 1. The fraction of sp³-hybridized carbons (Fsp3) is 0.333. The highest BCUT2D eigenvalue weighted by molar-refractivity contribution is 7.14. The summed E-state index contributed by atoms with van der Waals surface area (Å²) in [4.78, 5) is 21.7. The molecular formula is C9H12N2O3S. The van der Waals surface area contributed by atoms with Crippen LogP contribution in [0.1, 0.15) is 12.0 Å². The Kier molecular flexibility index (Phi) is 3.81. The van der Waals surface area contributed by atoms with Crippen molar-refractivity contribution in [1.82, 2.24) is 0 Å². The highest BCUT2D eigenvalue weighted by Crippen LogP contribution is 2.21. The number of aliphatic carboxylic acids is 1. The molecule has 6 heteroatoms. The van der Waals surface area contributed by atoms with Crippen LogP contribution in [0.4, 0.5) is 5.00 Å². The molecule has 0 aliphatic rings. The largest absolute Gasteiger partial charge is 0.481 e. The molecule has 1 aromatic heterocycles. The molecule has 1 rings (SSSR count). The Morgan fingerprint density at radius 1 is 1.67 bits per heavy atom. The maximum atomic E-state index is 11.4. The predicted molar refractivity (Wildman–Crippen MR) is 57.9 cm³/mol. The number of thiophene rings is 1. The maximum Gasteiger partial charge on any atom is 0.305 e. The van der Waals surface area contributed by atoms with Crippen LogP contribution in [0.5, 0.6) is 0 Å². The fourth-order valence-electron chi connectivity index (χ4n) is 0.986. The Morgan fingerprint density at radius 3 is 2.80 bits per heavy atom. The first kappa shape index (κ1) is 11.7. The lowest BCUT2D eigenvalue weighted by atomic mass is 10.2. The van der Waals surface area contributed by atoms with Gasteiger partial charge in [-0.1, -0.05) is 0 Å². The van der Waals surface area contributed by atoms with Crippen LogP contribution in [-0.4, -0.2) is 23.0 Å². The first-order valence-corrected chi connectivity index (χ1v) is 5.21. The Labute approximate surface area is 90.9 Å². The first-order valence-electron chi connectivity index (χ1n) is 4.33. The van der Waals surface area contributed by atoms with Gasteiger partial charge in [-0.05, 0) is 23.9 Å². The number of nitrogens with one attached hydrogen (secondary N) is 1.